The third-order valence-corrected chi connectivity index (χ3v) is 3.65. The van der Waals surface area contributed by atoms with Gasteiger partial charge < -0.3 is 14.2 Å². The van der Waals surface area contributed by atoms with Crippen molar-refractivity contribution in [2.45, 2.75) is 52.1 Å². The largest absolute Gasteiger partial charge is 0.369 e. The van der Waals surface area contributed by atoms with Gasteiger partial charge in [-0.3, -0.25) is 0 Å². The molecule has 2 fully saturated rings. The molecular formula is C11H20O3. The van der Waals surface area contributed by atoms with E-state index in [4.69, 9.17) is 14.2 Å². The summed E-state index contributed by atoms with van der Waals surface area (Å²) in [6.07, 6.45) is 0.147. The van der Waals surface area contributed by atoms with Crippen LogP contribution in [-0.4, -0.2) is 30.7 Å². The van der Waals surface area contributed by atoms with Gasteiger partial charge in [0, 0.05) is 5.41 Å². The van der Waals surface area contributed by atoms with Gasteiger partial charge in [-0.1, -0.05) is 13.8 Å². The van der Waals surface area contributed by atoms with Crippen molar-refractivity contribution in [2.24, 2.45) is 5.41 Å². The van der Waals surface area contributed by atoms with Crippen LogP contribution in [0.3, 0.4) is 0 Å². The first kappa shape index (κ1) is 10.4. The van der Waals surface area contributed by atoms with Crippen molar-refractivity contribution in [3.63, 3.8) is 0 Å². The summed E-state index contributed by atoms with van der Waals surface area (Å²) in [4.78, 5) is 0. The highest BCUT2D eigenvalue weighted by Gasteiger charge is 2.56. The van der Waals surface area contributed by atoms with Crippen LogP contribution in [0, 0.1) is 5.41 Å². The summed E-state index contributed by atoms with van der Waals surface area (Å²) in [5.74, 6) is -0.592. The van der Waals surface area contributed by atoms with E-state index in [0.717, 1.165) is 6.61 Å². The van der Waals surface area contributed by atoms with Crippen LogP contribution in [0.2, 0.25) is 0 Å². The molecule has 2 heterocycles. The van der Waals surface area contributed by atoms with Crippen LogP contribution in [-0.2, 0) is 14.2 Å². The zero-order chi connectivity index (χ0) is 10.6. The molecule has 2 rings (SSSR count). The van der Waals surface area contributed by atoms with Gasteiger partial charge in [-0.25, -0.2) is 0 Å². The van der Waals surface area contributed by atoms with Gasteiger partial charge in [-0.2, -0.15) is 0 Å². The van der Waals surface area contributed by atoms with Crippen molar-refractivity contribution >= 4 is 0 Å². The highest BCUT2D eigenvalue weighted by atomic mass is 16.8. The summed E-state index contributed by atoms with van der Waals surface area (Å²) in [6.45, 7) is 11.7. The predicted octanol–water partition coefficient (Wildman–Crippen LogP) is 1.95. The van der Waals surface area contributed by atoms with Crippen LogP contribution < -0.4 is 0 Å². The zero-order valence-corrected chi connectivity index (χ0v) is 9.72. The Balaban J connectivity index is 2.33. The minimum Gasteiger partial charge on any atom is -0.369 e. The summed E-state index contributed by atoms with van der Waals surface area (Å²) in [5.41, 5.74) is -0.346. The fourth-order valence-electron chi connectivity index (χ4n) is 1.87. The van der Waals surface area contributed by atoms with Gasteiger partial charge in [0.25, 0.3) is 0 Å². The second-order valence-electron chi connectivity index (χ2n) is 5.65. The monoisotopic (exact) mass is 200 g/mol. The van der Waals surface area contributed by atoms with Crippen molar-refractivity contribution in [3.8, 4) is 0 Å². The molecule has 0 saturated carbocycles. The number of fused-ring (bicyclic) bond motifs is 2. The van der Waals surface area contributed by atoms with E-state index in [2.05, 4.69) is 13.8 Å². The van der Waals surface area contributed by atoms with E-state index >= 15 is 0 Å². The van der Waals surface area contributed by atoms with Gasteiger partial charge in [-0.15, -0.1) is 0 Å². The summed E-state index contributed by atoms with van der Waals surface area (Å²) in [6, 6.07) is 0. The molecule has 0 aliphatic carbocycles. The quantitative estimate of drug-likeness (QED) is 0.598. The lowest BCUT2D eigenvalue weighted by molar-refractivity contribution is -0.254. The molecular weight excluding hydrogens is 180 g/mol. The Morgan fingerprint density at radius 1 is 1.00 bits per heavy atom. The Labute approximate surface area is 85.7 Å². The van der Waals surface area contributed by atoms with Gasteiger partial charge in [0.1, 0.15) is 5.60 Å². The molecule has 0 N–H and O–H groups in total. The molecule has 2 atom stereocenters. The van der Waals surface area contributed by atoms with Crippen LogP contribution in [0.1, 0.15) is 34.6 Å². The number of ether oxygens (including phenoxy) is 3. The Bertz CT molecular complexity index is 247. The van der Waals surface area contributed by atoms with Crippen LogP contribution in [0.15, 0.2) is 0 Å². The fourth-order valence-corrected chi connectivity index (χ4v) is 1.87. The van der Waals surface area contributed by atoms with Crippen molar-refractivity contribution in [1.29, 1.82) is 0 Å². The molecule has 2 saturated heterocycles. The van der Waals surface area contributed by atoms with Gasteiger partial charge in [0.15, 0.2) is 5.79 Å². The maximum atomic E-state index is 5.99. The zero-order valence-electron chi connectivity index (χ0n) is 9.72. The topological polar surface area (TPSA) is 27.7 Å². The standard InChI is InChI=1S/C11H20O3/c1-9(2)7-13-10(3,4)11(5)12-6-8(9)14-11/h8H,6-7H2,1-5H3. The molecule has 2 bridgehead atoms. The van der Waals surface area contributed by atoms with Crippen LogP contribution in [0.25, 0.3) is 0 Å². The molecule has 2 unspecified atom stereocenters. The molecule has 0 spiro atoms. The van der Waals surface area contributed by atoms with E-state index < -0.39 is 5.79 Å². The lowest BCUT2D eigenvalue weighted by atomic mass is 9.88. The highest BCUT2D eigenvalue weighted by Crippen LogP contribution is 2.45. The summed E-state index contributed by atoms with van der Waals surface area (Å²) in [7, 11) is 0. The van der Waals surface area contributed by atoms with E-state index in [9.17, 15) is 0 Å². The Kier molecular flexibility index (Phi) is 2.02. The molecule has 14 heavy (non-hydrogen) atoms. The summed E-state index contributed by atoms with van der Waals surface area (Å²) in [5, 5.41) is 0. The van der Waals surface area contributed by atoms with E-state index in [-0.39, 0.29) is 17.1 Å². The third-order valence-electron chi connectivity index (χ3n) is 3.65. The van der Waals surface area contributed by atoms with Crippen molar-refractivity contribution in [3.05, 3.63) is 0 Å². The van der Waals surface area contributed by atoms with Crippen LogP contribution in [0.5, 0.6) is 0 Å². The van der Waals surface area contributed by atoms with Gasteiger partial charge in [-0.05, 0) is 20.8 Å². The minimum absolute atomic E-state index is 0.0333. The smallest absolute Gasteiger partial charge is 0.194 e. The fraction of sp³-hybridized carbons (Fsp3) is 1.00. The Hall–Kier alpha value is -0.120. The second-order valence-corrected chi connectivity index (χ2v) is 5.65. The van der Waals surface area contributed by atoms with E-state index in [1.54, 1.807) is 0 Å². The predicted molar refractivity (Wildman–Crippen MR) is 53.0 cm³/mol. The van der Waals surface area contributed by atoms with Crippen LogP contribution in [0.4, 0.5) is 0 Å². The molecule has 0 radical (unpaired) electrons. The summed E-state index contributed by atoms with van der Waals surface area (Å²) >= 11 is 0. The number of rotatable bonds is 0. The van der Waals surface area contributed by atoms with E-state index in [1.807, 2.05) is 20.8 Å². The van der Waals surface area contributed by atoms with Crippen molar-refractivity contribution < 1.29 is 14.2 Å². The molecule has 0 aromatic carbocycles. The van der Waals surface area contributed by atoms with E-state index in [0.29, 0.717) is 6.61 Å². The van der Waals surface area contributed by atoms with Gasteiger partial charge in [0.2, 0.25) is 0 Å². The number of hydrogen-bond acceptors (Lipinski definition) is 3. The molecule has 2 aliphatic rings. The molecule has 0 aromatic rings. The normalized spacial score (nSPS) is 44.8. The highest BCUT2D eigenvalue weighted by molar-refractivity contribution is 4.97. The van der Waals surface area contributed by atoms with Gasteiger partial charge in [0.05, 0.1) is 19.3 Å². The van der Waals surface area contributed by atoms with Crippen molar-refractivity contribution in [2.75, 3.05) is 13.2 Å². The Morgan fingerprint density at radius 2 is 1.64 bits per heavy atom. The van der Waals surface area contributed by atoms with E-state index in [1.165, 1.54) is 0 Å². The first-order valence-electron chi connectivity index (χ1n) is 5.23. The van der Waals surface area contributed by atoms with Crippen molar-refractivity contribution in [1.82, 2.24) is 0 Å². The lowest BCUT2D eigenvalue weighted by Gasteiger charge is -2.38. The summed E-state index contributed by atoms with van der Waals surface area (Å²) < 4.78 is 17.6. The first-order valence-corrected chi connectivity index (χ1v) is 5.23. The third kappa shape index (κ3) is 1.30. The molecule has 3 nitrogen and oxygen atoms in total. The minimum atomic E-state index is -0.592. The first-order chi connectivity index (χ1) is 6.27. The van der Waals surface area contributed by atoms with Crippen LogP contribution >= 0.6 is 0 Å². The molecule has 0 amide bonds. The maximum Gasteiger partial charge on any atom is 0.194 e. The average molecular weight is 200 g/mol. The maximum absolute atomic E-state index is 5.99. The van der Waals surface area contributed by atoms with Gasteiger partial charge >= 0.3 is 0 Å². The second kappa shape index (κ2) is 2.71. The molecule has 3 heteroatoms. The number of hydrogen-bond donors (Lipinski definition) is 0. The lowest BCUT2D eigenvalue weighted by Crippen LogP contribution is -2.50. The Morgan fingerprint density at radius 3 is 2.29 bits per heavy atom. The average Bonchev–Trinajstić information content (AvgIpc) is 2.44. The molecule has 0 aromatic heterocycles. The SMILES string of the molecule is CC1(C)COC(C)(C)C2(C)OCC1O2. The molecule has 2 aliphatic heterocycles. The molecule has 82 valence electrons.